The minimum absolute atomic E-state index is 0.0660. The smallest absolute Gasteiger partial charge is 0.246 e. The molecule has 3 atom stereocenters. The van der Waals surface area contributed by atoms with E-state index in [4.69, 9.17) is 0 Å². The van der Waals surface area contributed by atoms with Crippen molar-refractivity contribution in [2.75, 3.05) is 6.54 Å². The lowest BCUT2D eigenvalue weighted by atomic mass is 9.89. The lowest BCUT2D eigenvalue weighted by molar-refractivity contribution is -0.152. The van der Waals surface area contributed by atoms with Crippen LogP contribution in [0.25, 0.3) is 0 Å². The van der Waals surface area contributed by atoms with Gasteiger partial charge in [0.15, 0.2) is 0 Å². The van der Waals surface area contributed by atoms with Gasteiger partial charge in [0, 0.05) is 6.54 Å². The Kier molecular flexibility index (Phi) is 4.64. The number of hydrogen-bond donors (Lipinski definition) is 1. The summed E-state index contributed by atoms with van der Waals surface area (Å²) < 4.78 is 0. The third-order valence-electron chi connectivity index (χ3n) is 4.84. The summed E-state index contributed by atoms with van der Waals surface area (Å²) in [5.74, 6) is 0.770. The zero-order chi connectivity index (χ0) is 15.8. The van der Waals surface area contributed by atoms with Crippen molar-refractivity contribution in [3.05, 3.63) is 0 Å². The normalized spacial score (nSPS) is 28.5. The Morgan fingerprint density at radius 2 is 1.90 bits per heavy atom. The molecule has 2 fully saturated rings. The predicted octanol–water partition coefficient (Wildman–Crippen LogP) is 2.57. The van der Waals surface area contributed by atoms with Gasteiger partial charge in [0.05, 0.1) is 0 Å². The van der Waals surface area contributed by atoms with Gasteiger partial charge in [0.1, 0.15) is 12.1 Å². The molecule has 0 aromatic rings. The van der Waals surface area contributed by atoms with Crippen LogP contribution in [0.4, 0.5) is 0 Å². The SMILES string of the molecule is CCC(C)C1NC(=O)C(C2CC2)N(CCC(C)(C)C)C1=O. The minimum atomic E-state index is -0.336. The zero-order valence-corrected chi connectivity index (χ0v) is 14.1. The molecule has 21 heavy (non-hydrogen) atoms. The van der Waals surface area contributed by atoms with Crippen LogP contribution in [0.1, 0.15) is 60.3 Å². The Morgan fingerprint density at radius 3 is 2.38 bits per heavy atom. The van der Waals surface area contributed by atoms with Gasteiger partial charge < -0.3 is 10.2 Å². The van der Waals surface area contributed by atoms with Crippen molar-refractivity contribution in [1.29, 1.82) is 0 Å². The molecule has 0 aromatic heterocycles. The van der Waals surface area contributed by atoms with Crippen molar-refractivity contribution in [3.63, 3.8) is 0 Å². The van der Waals surface area contributed by atoms with Crippen LogP contribution in [-0.2, 0) is 9.59 Å². The molecular formula is C17H30N2O2. The second-order valence-electron chi connectivity index (χ2n) is 8.00. The van der Waals surface area contributed by atoms with E-state index in [1.807, 2.05) is 11.8 Å². The van der Waals surface area contributed by atoms with Gasteiger partial charge in [-0.15, -0.1) is 0 Å². The molecule has 0 radical (unpaired) electrons. The van der Waals surface area contributed by atoms with E-state index in [9.17, 15) is 9.59 Å². The Morgan fingerprint density at radius 1 is 1.29 bits per heavy atom. The van der Waals surface area contributed by atoms with Gasteiger partial charge in [-0.05, 0) is 36.5 Å². The van der Waals surface area contributed by atoms with Crippen LogP contribution in [0.2, 0.25) is 0 Å². The average molecular weight is 294 g/mol. The standard InChI is InChI=1S/C17H30N2O2/c1-6-11(2)13-16(21)19(10-9-17(3,4)5)14(12-7-8-12)15(20)18-13/h11-14H,6-10H2,1-5H3,(H,18,20). The molecule has 1 saturated heterocycles. The number of amides is 2. The first kappa shape index (κ1) is 16.3. The lowest BCUT2D eigenvalue weighted by Crippen LogP contribution is -2.65. The van der Waals surface area contributed by atoms with E-state index in [-0.39, 0.29) is 35.2 Å². The van der Waals surface area contributed by atoms with Gasteiger partial charge in [0.2, 0.25) is 11.8 Å². The summed E-state index contributed by atoms with van der Waals surface area (Å²) in [4.78, 5) is 27.2. The predicted molar refractivity (Wildman–Crippen MR) is 83.7 cm³/mol. The monoisotopic (exact) mass is 294 g/mol. The average Bonchev–Trinajstić information content (AvgIpc) is 3.21. The Labute approximate surface area is 128 Å². The molecule has 3 unspecified atom stereocenters. The van der Waals surface area contributed by atoms with Crippen LogP contribution < -0.4 is 5.32 Å². The van der Waals surface area contributed by atoms with E-state index in [1.54, 1.807) is 0 Å². The van der Waals surface area contributed by atoms with E-state index in [2.05, 4.69) is 33.0 Å². The molecule has 2 rings (SSSR count). The van der Waals surface area contributed by atoms with Gasteiger partial charge >= 0.3 is 0 Å². The summed E-state index contributed by atoms with van der Waals surface area (Å²) >= 11 is 0. The summed E-state index contributed by atoms with van der Waals surface area (Å²) in [5.41, 5.74) is 0.175. The third kappa shape index (κ3) is 3.78. The largest absolute Gasteiger partial charge is 0.342 e. The molecule has 2 aliphatic rings. The first-order valence-electron chi connectivity index (χ1n) is 8.35. The second-order valence-corrected chi connectivity index (χ2v) is 8.00. The highest BCUT2D eigenvalue weighted by molar-refractivity contribution is 5.97. The van der Waals surface area contributed by atoms with Gasteiger partial charge in [0.25, 0.3) is 0 Å². The lowest BCUT2D eigenvalue weighted by Gasteiger charge is -2.42. The molecule has 1 saturated carbocycles. The summed E-state index contributed by atoms with van der Waals surface area (Å²) in [6.45, 7) is 11.3. The number of piperazine rings is 1. The van der Waals surface area contributed by atoms with Crippen molar-refractivity contribution in [2.45, 2.75) is 72.4 Å². The number of nitrogens with zero attached hydrogens (tertiary/aromatic N) is 1. The van der Waals surface area contributed by atoms with Crippen molar-refractivity contribution in [2.24, 2.45) is 17.3 Å². The van der Waals surface area contributed by atoms with E-state index in [0.29, 0.717) is 12.5 Å². The summed E-state index contributed by atoms with van der Waals surface area (Å²) in [6, 6.07) is -0.558. The van der Waals surface area contributed by atoms with Crippen molar-refractivity contribution < 1.29 is 9.59 Å². The maximum atomic E-state index is 12.8. The van der Waals surface area contributed by atoms with Gasteiger partial charge in [-0.1, -0.05) is 41.0 Å². The van der Waals surface area contributed by atoms with Crippen LogP contribution >= 0.6 is 0 Å². The Bertz CT molecular complexity index is 410. The molecule has 4 nitrogen and oxygen atoms in total. The minimum Gasteiger partial charge on any atom is -0.342 e. The maximum absolute atomic E-state index is 12.8. The first-order valence-corrected chi connectivity index (χ1v) is 8.35. The molecular weight excluding hydrogens is 264 g/mol. The van der Waals surface area contributed by atoms with Crippen LogP contribution in [0.3, 0.4) is 0 Å². The number of nitrogens with one attached hydrogen (secondary N) is 1. The Balaban J connectivity index is 2.16. The van der Waals surface area contributed by atoms with E-state index < -0.39 is 0 Å². The van der Waals surface area contributed by atoms with Gasteiger partial charge in [-0.2, -0.15) is 0 Å². The van der Waals surface area contributed by atoms with Crippen LogP contribution in [0.15, 0.2) is 0 Å². The fourth-order valence-corrected chi connectivity index (χ4v) is 2.96. The molecule has 1 heterocycles. The van der Waals surface area contributed by atoms with E-state index >= 15 is 0 Å². The maximum Gasteiger partial charge on any atom is 0.246 e. The fraction of sp³-hybridized carbons (Fsp3) is 0.882. The fourth-order valence-electron chi connectivity index (χ4n) is 2.96. The molecule has 120 valence electrons. The molecule has 1 aliphatic heterocycles. The summed E-state index contributed by atoms with van der Waals surface area (Å²) in [7, 11) is 0. The van der Waals surface area contributed by atoms with Gasteiger partial charge in [-0.25, -0.2) is 0 Å². The quantitative estimate of drug-likeness (QED) is 0.847. The second kappa shape index (κ2) is 5.98. The molecule has 1 N–H and O–H groups in total. The number of carbonyl (C=O) groups is 2. The number of carbonyl (C=O) groups excluding carboxylic acids is 2. The van der Waals surface area contributed by atoms with Crippen molar-refractivity contribution in [3.8, 4) is 0 Å². The topological polar surface area (TPSA) is 49.4 Å². The molecule has 0 spiro atoms. The molecule has 1 aliphatic carbocycles. The number of hydrogen-bond acceptors (Lipinski definition) is 2. The highest BCUT2D eigenvalue weighted by atomic mass is 16.2. The van der Waals surface area contributed by atoms with E-state index in [0.717, 1.165) is 25.7 Å². The van der Waals surface area contributed by atoms with Crippen LogP contribution in [0.5, 0.6) is 0 Å². The molecule has 0 bridgehead atoms. The van der Waals surface area contributed by atoms with Crippen LogP contribution in [0, 0.1) is 17.3 Å². The molecule has 2 amide bonds. The van der Waals surface area contributed by atoms with Crippen molar-refractivity contribution in [1.82, 2.24) is 10.2 Å². The Hall–Kier alpha value is -1.06. The molecule has 4 heteroatoms. The summed E-state index contributed by atoms with van der Waals surface area (Å²) in [6.07, 6.45) is 3.98. The molecule has 0 aromatic carbocycles. The van der Waals surface area contributed by atoms with E-state index in [1.165, 1.54) is 0 Å². The number of rotatable bonds is 5. The highest BCUT2D eigenvalue weighted by Crippen LogP contribution is 2.38. The highest BCUT2D eigenvalue weighted by Gasteiger charge is 2.48. The summed E-state index contributed by atoms with van der Waals surface area (Å²) in [5, 5.41) is 2.99. The third-order valence-corrected chi connectivity index (χ3v) is 4.84. The van der Waals surface area contributed by atoms with Crippen molar-refractivity contribution >= 4 is 11.8 Å². The first-order chi connectivity index (χ1) is 9.74. The zero-order valence-electron chi connectivity index (χ0n) is 14.1. The van der Waals surface area contributed by atoms with Gasteiger partial charge in [-0.3, -0.25) is 9.59 Å². The van der Waals surface area contributed by atoms with Crippen LogP contribution in [-0.4, -0.2) is 35.3 Å².